The molecule has 25 heavy (non-hydrogen) atoms. The van der Waals surface area contributed by atoms with Gasteiger partial charge in [0.15, 0.2) is 5.82 Å². The maximum absolute atomic E-state index is 4.74. The monoisotopic (exact) mass is 361 g/mol. The number of hydrogen-bond acceptors (Lipinski definition) is 7. The second-order valence-corrected chi connectivity index (χ2v) is 7.20. The van der Waals surface area contributed by atoms with E-state index in [0.717, 1.165) is 37.4 Å². The highest BCUT2D eigenvalue weighted by Crippen LogP contribution is 2.30. The van der Waals surface area contributed by atoms with E-state index < -0.39 is 0 Å². The number of thiazole rings is 1. The van der Waals surface area contributed by atoms with Crippen LogP contribution in [0.4, 0.5) is 11.5 Å². The van der Waals surface area contributed by atoms with E-state index in [-0.39, 0.29) is 0 Å². The number of anilines is 2. The molecule has 5 aromatic rings. The van der Waals surface area contributed by atoms with E-state index in [1.807, 2.05) is 36.5 Å². The molecule has 5 rings (SSSR count). The number of para-hydroxylation sites is 1. The Bertz CT molecular complexity index is 1180. The Labute approximate surface area is 151 Å². The third-order valence-corrected chi connectivity index (χ3v) is 5.41. The first kappa shape index (κ1) is 14.4. The van der Waals surface area contributed by atoms with Gasteiger partial charge < -0.3 is 5.32 Å². The number of rotatable bonds is 3. The highest BCUT2D eigenvalue weighted by atomic mass is 32.1. The Morgan fingerprint density at radius 3 is 2.84 bits per heavy atom. The van der Waals surface area contributed by atoms with E-state index >= 15 is 0 Å². The van der Waals surface area contributed by atoms with Crippen LogP contribution in [0.5, 0.6) is 0 Å². The summed E-state index contributed by atoms with van der Waals surface area (Å²) in [6, 6.07) is 14.2. The quantitative estimate of drug-likeness (QED) is 0.484. The third-order valence-electron chi connectivity index (χ3n) is 3.88. The minimum atomic E-state index is 0.683. The highest BCUT2D eigenvalue weighted by Gasteiger charge is 2.11. The molecule has 0 aliphatic rings. The molecule has 3 heterocycles. The lowest BCUT2D eigenvalue weighted by Crippen LogP contribution is -1.98. The van der Waals surface area contributed by atoms with Crippen molar-refractivity contribution in [3.8, 4) is 10.7 Å². The molecule has 5 nitrogen and oxygen atoms in total. The van der Waals surface area contributed by atoms with Gasteiger partial charge in [0.05, 0.1) is 20.6 Å². The molecule has 7 heteroatoms. The molecule has 120 valence electrons. The number of fused-ring (bicyclic) bond motifs is 2. The van der Waals surface area contributed by atoms with Gasteiger partial charge in [-0.2, -0.15) is 4.37 Å². The van der Waals surface area contributed by atoms with Crippen LogP contribution in [0.1, 0.15) is 0 Å². The first-order valence-corrected chi connectivity index (χ1v) is 9.29. The first-order chi connectivity index (χ1) is 12.4. The van der Waals surface area contributed by atoms with Gasteiger partial charge in [-0.25, -0.2) is 9.97 Å². The fourth-order valence-electron chi connectivity index (χ4n) is 2.68. The summed E-state index contributed by atoms with van der Waals surface area (Å²) in [6.45, 7) is 0. The Kier molecular flexibility index (Phi) is 3.39. The van der Waals surface area contributed by atoms with E-state index in [1.165, 1.54) is 22.9 Å². The fraction of sp³-hybridized carbons (Fsp3) is 0. The van der Waals surface area contributed by atoms with Crippen LogP contribution in [0.2, 0.25) is 0 Å². The van der Waals surface area contributed by atoms with Crippen LogP contribution in [0, 0.1) is 0 Å². The Morgan fingerprint density at radius 2 is 1.92 bits per heavy atom. The summed E-state index contributed by atoms with van der Waals surface area (Å²) in [6.07, 6.45) is 3.67. The first-order valence-electron chi connectivity index (χ1n) is 7.64. The van der Waals surface area contributed by atoms with Crippen LogP contribution in [0.15, 0.2) is 60.4 Å². The summed E-state index contributed by atoms with van der Waals surface area (Å²) < 4.78 is 5.37. The van der Waals surface area contributed by atoms with Crippen molar-refractivity contribution in [3.05, 3.63) is 60.4 Å². The molecule has 1 N–H and O–H groups in total. The van der Waals surface area contributed by atoms with E-state index in [0.29, 0.717) is 5.82 Å². The summed E-state index contributed by atoms with van der Waals surface area (Å²) in [5.74, 6) is 1.47. The molecule has 0 aliphatic heterocycles. The van der Waals surface area contributed by atoms with E-state index in [4.69, 9.17) is 4.98 Å². The second-order valence-electron chi connectivity index (χ2n) is 5.48. The van der Waals surface area contributed by atoms with Gasteiger partial charge in [0.2, 0.25) is 0 Å². The highest BCUT2D eigenvalue weighted by molar-refractivity contribution is 7.13. The van der Waals surface area contributed by atoms with Gasteiger partial charge in [0, 0.05) is 28.9 Å². The summed E-state index contributed by atoms with van der Waals surface area (Å²) in [5, 5.41) is 5.58. The molecule has 3 aromatic heterocycles. The molecule has 0 bridgehead atoms. The lowest BCUT2D eigenvalue weighted by atomic mass is 10.2. The molecule has 2 aromatic carbocycles. The molecule has 0 saturated carbocycles. The van der Waals surface area contributed by atoms with Gasteiger partial charge in [-0.15, -0.1) is 11.3 Å². The maximum atomic E-state index is 4.74. The number of nitrogens with zero attached hydrogens (tertiary/aromatic N) is 4. The minimum Gasteiger partial charge on any atom is -0.340 e. The zero-order chi connectivity index (χ0) is 16.6. The average molecular weight is 361 g/mol. The number of benzene rings is 2. The molecule has 0 amide bonds. The van der Waals surface area contributed by atoms with Crippen molar-refractivity contribution in [1.82, 2.24) is 19.3 Å². The molecule has 0 atom stereocenters. The van der Waals surface area contributed by atoms with Crippen molar-refractivity contribution in [3.63, 3.8) is 0 Å². The SMILES string of the molecule is c1ccc2c(Nc3ccc4cnsc4c3)nc(-c3cncs3)nc2c1. The average Bonchev–Trinajstić information content (AvgIpc) is 3.33. The predicted molar refractivity (Wildman–Crippen MR) is 104 cm³/mol. The smallest absolute Gasteiger partial charge is 0.173 e. The van der Waals surface area contributed by atoms with Crippen LogP contribution in [0.3, 0.4) is 0 Å². The van der Waals surface area contributed by atoms with Crippen LogP contribution in [-0.2, 0) is 0 Å². The largest absolute Gasteiger partial charge is 0.340 e. The van der Waals surface area contributed by atoms with Gasteiger partial charge in [-0.1, -0.05) is 12.1 Å². The Morgan fingerprint density at radius 1 is 0.960 bits per heavy atom. The number of nitrogens with one attached hydrogen (secondary N) is 1. The maximum Gasteiger partial charge on any atom is 0.173 e. The normalized spacial score (nSPS) is 11.2. The summed E-state index contributed by atoms with van der Waals surface area (Å²) in [4.78, 5) is 14.5. The van der Waals surface area contributed by atoms with E-state index in [1.54, 1.807) is 11.7 Å². The van der Waals surface area contributed by atoms with E-state index in [2.05, 4.69) is 31.8 Å². The van der Waals surface area contributed by atoms with Gasteiger partial charge in [-0.05, 0) is 41.9 Å². The van der Waals surface area contributed by atoms with Crippen molar-refractivity contribution in [2.45, 2.75) is 0 Å². The van der Waals surface area contributed by atoms with Crippen molar-refractivity contribution in [1.29, 1.82) is 0 Å². The minimum absolute atomic E-state index is 0.683. The van der Waals surface area contributed by atoms with Crippen molar-refractivity contribution in [2.24, 2.45) is 0 Å². The molecule has 0 aliphatic carbocycles. The molecule has 0 fully saturated rings. The fourth-order valence-corrected chi connectivity index (χ4v) is 3.92. The van der Waals surface area contributed by atoms with E-state index in [9.17, 15) is 0 Å². The number of aromatic nitrogens is 4. The second kappa shape index (κ2) is 5.87. The van der Waals surface area contributed by atoms with Gasteiger partial charge in [0.1, 0.15) is 5.82 Å². The third kappa shape index (κ3) is 2.63. The zero-order valence-corrected chi connectivity index (χ0v) is 14.5. The lowest BCUT2D eigenvalue weighted by molar-refractivity contribution is 1.23. The molecule has 0 spiro atoms. The summed E-state index contributed by atoms with van der Waals surface area (Å²) >= 11 is 3.02. The van der Waals surface area contributed by atoms with Gasteiger partial charge in [-0.3, -0.25) is 4.98 Å². The molecule has 0 unspecified atom stereocenters. The zero-order valence-electron chi connectivity index (χ0n) is 12.9. The lowest BCUT2D eigenvalue weighted by Gasteiger charge is -2.10. The van der Waals surface area contributed by atoms with Crippen molar-refractivity contribution in [2.75, 3.05) is 5.32 Å². The van der Waals surface area contributed by atoms with Crippen LogP contribution in [-0.4, -0.2) is 19.3 Å². The van der Waals surface area contributed by atoms with Crippen LogP contribution >= 0.6 is 22.9 Å². The van der Waals surface area contributed by atoms with Crippen LogP contribution < -0.4 is 5.32 Å². The predicted octanol–water partition coefficient (Wildman–Crippen LogP) is 5.11. The Balaban J connectivity index is 1.65. The molecular formula is C18H11N5S2. The molecule has 0 saturated heterocycles. The Hall–Kier alpha value is -2.90. The topological polar surface area (TPSA) is 63.6 Å². The number of hydrogen-bond donors (Lipinski definition) is 1. The standard InChI is InChI=1S/C18H11N5S2/c1-2-4-14-13(3-1)17(23-18(22-14)16-9-19-10-24-16)21-12-6-5-11-8-20-25-15(11)7-12/h1-10H,(H,21,22,23). The molecular weight excluding hydrogens is 350 g/mol. The van der Waals surface area contributed by atoms with Gasteiger partial charge >= 0.3 is 0 Å². The summed E-state index contributed by atoms with van der Waals surface area (Å²) in [7, 11) is 0. The van der Waals surface area contributed by atoms with Crippen molar-refractivity contribution >= 4 is 55.4 Å². The summed E-state index contributed by atoms with van der Waals surface area (Å²) in [5.41, 5.74) is 3.68. The van der Waals surface area contributed by atoms with Crippen LogP contribution in [0.25, 0.3) is 31.7 Å². The molecule has 0 radical (unpaired) electrons. The van der Waals surface area contributed by atoms with Crippen molar-refractivity contribution < 1.29 is 0 Å². The van der Waals surface area contributed by atoms with Gasteiger partial charge in [0.25, 0.3) is 0 Å².